The minimum absolute atomic E-state index is 0.0475. The SMILES string of the molecule is CC(C)(C)C(=O)c1cccc(NC(=O)C(c2ccccc2)c2ccccc2)c1. The Bertz CT molecular complexity index is 917. The van der Waals surface area contributed by atoms with Gasteiger partial charge in [-0.3, -0.25) is 9.59 Å². The fraction of sp³-hybridized carbons (Fsp3) is 0.200. The number of amides is 1. The molecule has 0 heterocycles. The van der Waals surface area contributed by atoms with E-state index in [1.54, 1.807) is 18.2 Å². The second-order valence-electron chi connectivity index (χ2n) is 7.90. The Morgan fingerprint density at radius 3 is 1.79 bits per heavy atom. The number of anilines is 1. The lowest BCUT2D eigenvalue weighted by Crippen LogP contribution is -2.23. The molecule has 0 fully saturated rings. The average Bonchev–Trinajstić information content (AvgIpc) is 2.69. The number of hydrogen-bond acceptors (Lipinski definition) is 2. The third kappa shape index (κ3) is 4.55. The lowest BCUT2D eigenvalue weighted by atomic mass is 9.86. The van der Waals surface area contributed by atoms with Crippen LogP contribution >= 0.6 is 0 Å². The van der Waals surface area contributed by atoms with Crippen LogP contribution in [0.5, 0.6) is 0 Å². The van der Waals surface area contributed by atoms with Gasteiger partial charge in [0.15, 0.2) is 5.78 Å². The van der Waals surface area contributed by atoms with Gasteiger partial charge in [0.2, 0.25) is 5.91 Å². The molecule has 0 saturated heterocycles. The van der Waals surface area contributed by atoms with Gasteiger partial charge in [-0.05, 0) is 23.3 Å². The van der Waals surface area contributed by atoms with Crippen molar-refractivity contribution < 1.29 is 9.59 Å². The Hall–Kier alpha value is -3.20. The summed E-state index contributed by atoms with van der Waals surface area (Å²) in [5, 5.41) is 2.99. The summed E-state index contributed by atoms with van der Waals surface area (Å²) in [5.41, 5.74) is 2.60. The van der Waals surface area contributed by atoms with E-state index in [0.29, 0.717) is 11.3 Å². The molecule has 3 nitrogen and oxygen atoms in total. The second-order valence-corrected chi connectivity index (χ2v) is 7.90. The van der Waals surface area contributed by atoms with Crippen LogP contribution in [0.15, 0.2) is 84.9 Å². The first-order valence-electron chi connectivity index (χ1n) is 9.42. The molecule has 0 radical (unpaired) electrons. The summed E-state index contributed by atoms with van der Waals surface area (Å²) < 4.78 is 0. The van der Waals surface area contributed by atoms with Crippen molar-refractivity contribution >= 4 is 17.4 Å². The predicted molar refractivity (Wildman–Crippen MR) is 114 cm³/mol. The molecule has 0 bridgehead atoms. The molecule has 0 atom stereocenters. The third-order valence-corrected chi connectivity index (χ3v) is 4.60. The first-order chi connectivity index (χ1) is 13.4. The van der Waals surface area contributed by atoms with Gasteiger partial charge < -0.3 is 5.32 Å². The maximum Gasteiger partial charge on any atom is 0.236 e. The summed E-state index contributed by atoms with van der Waals surface area (Å²) in [6, 6.07) is 26.6. The Labute approximate surface area is 166 Å². The molecule has 0 aliphatic carbocycles. The molecule has 1 amide bonds. The number of carbonyl (C=O) groups is 2. The van der Waals surface area contributed by atoms with E-state index in [2.05, 4.69) is 5.32 Å². The van der Waals surface area contributed by atoms with Gasteiger partial charge in [0.25, 0.3) is 0 Å². The molecule has 0 unspecified atom stereocenters. The number of rotatable bonds is 5. The van der Waals surface area contributed by atoms with E-state index in [-0.39, 0.29) is 11.7 Å². The summed E-state index contributed by atoms with van der Waals surface area (Å²) in [4.78, 5) is 25.8. The Kier molecular flexibility index (Phi) is 5.74. The average molecular weight is 371 g/mol. The zero-order valence-corrected chi connectivity index (χ0v) is 16.5. The highest BCUT2D eigenvalue weighted by molar-refractivity contribution is 6.02. The van der Waals surface area contributed by atoms with Crippen LogP contribution in [0.25, 0.3) is 0 Å². The van der Waals surface area contributed by atoms with Crippen LogP contribution in [0.2, 0.25) is 0 Å². The maximum atomic E-state index is 13.2. The lowest BCUT2D eigenvalue weighted by Gasteiger charge is -2.19. The quantitative estimate of drug-likeness (QED) is 0.586. The van der Waals surface area contributed by atoms with E-state index in [4.69, 9.17) is 0 Å². The van der Waals surface area contributed by atoms with Gasteiger partial charge in [-0.15, -0.1) is 0 Å². The van der Waals surface area contributed by atoms with Gasteiger partial charge in [0.1, 0.15) is 0 Å². The van der Waals surface area contributed by atoms with E-state index in [0.717, 1.165) is 11.1 Å². The molecule has 0 aliphatic rings. The first kappa shape index (κ1) is 19.6. The van der Waals surface area contributed by atoms with Gasteiger partial charge in [0, 0.05) is 16.7 Å². The lowest BCUT2D eigenvalue weighted by molar-refractivity contribution is -0.116. The summed E-state index contributed by atoms with van der Waals surface area (Å²) in [6.45, 7) is 5.67. The van der Waals surface area contributed by atoms with Crippen molar-refractivity contribution in [1.82, 2.24) is 0 Å². The van der Waals surface area contributed by atoms with Crippen molar-refractivity contribution in [2.45, 2.75) is 26.7 Å². The molecule has 28 heavy (non-hydrogen) atoms. The van der Waals surface area contributed by atoms with Crippen molar-refractivity contribution in [3.05, 3.63) is 102 Å². The van der Waals surface area contributed by atoms with Crippen LogP contribution in [-0.4, -0.2) is 11.7 Å². The van der Waals surface area contributed by atoms with Gasteiger partial charge in [-0.2, -0.15) is 0 Å². The molecule has 3 rings (SSSR count). The van der Waals surface area contributed by atoms with Crippen LogP contribution in [0.3, 0.4) is 0 Å². The molecule has 3 aromatic carbocycles. The minimum Gasteiger partial charge on any atom is -0.325 e. The Morgan fingerprint density at radius 2 is 1.29 bits per heavy atom. The van der Waals surface area contributed by atoms with E-state index >= 15 is 0 Å². The minimum atomic E-state index is -0.473. The molecule has 142 valence electrons. The standard InChI is InChI=1S/C25H25NO2/c1-25(2,3)23(27)20-15-10-16-21(17-20)26-24(28)22(18-11-6-4-7-12-18)19-13-8-5-9-14-19/h4-17,22H,1-3H3,(H,26,28). The largest absolute Gasteiger partial charge is 0.325 e. The highest BCUT2D eigenvalue weighted by atomic mass is 16.2. The molecular weight excluding hydrogens is 346 g/mol. The predicted octanol–water partition coefficient (Wildman–Crippen LogP) is 5.69. The maximum absolute atomic E-state index is 13.2. The Balaban J connectivity index is 1.90. The van der Waals surface area contributed by atoms with E-state index < -0.39 is 11.3 Å². The number of carbonyl (C=O) groups excluding carboxylic acids is 2. The molecular formula is C25H25NO2. The molecule has 0 aliphatic heterocycles. The molecule has 0 aromatic heterocycles. The summed E-state index contributed by atoms with van der Waals surface area (Å²) in [7, 11) is 0. The van der Waals surface area contributed by atoms with Crippen LogP contribution in [0.4, 0.5) is 5.69 Å². The van der Waals surface area contributed by atoms with Crippen molar-refractivity contribution in [3.8, 4) is 0 Å². The number of Topliss-reactive ketones (excluding diaryl/α,β-unsaturated/α-hetero) is 1. The zero-order chi connectivity index (χ0) is 20.1. The van der Waals surface area contributed by atoms with Crippen LogP contribution < -0.4 is 5.32 Å². The summed E-state index contributed by atoms with van der Waals surface area (Å²) in [5.74, 6) is -0.506. The number of nitrogens with one attached hydrogen (secondary N) is 1. The van der Waals surface area contributed by atoms with Crippen molar-refractivity contribution in [2.24, 2.45) is 5.41 Å². The zero-order valence-electron chi connectivity index (χ0n) is 16.5. The van der Waals surface area contributed by atoms with Gasteiger partial charge in [-0.1, -0.05) is 93.6 Å². The van der Waals surface area contributed by atoms with E-state index in [1.165, 1.54) is 0 Å². The molecule has 1 N–H and O–H groups in total. The molecule has 0 spiro atoms. The topological polar surface area (TPSA) is 46.2 Å². The van der Waals surface area contributed by atoms with Gasteiger partial charge in [-0.25, -0.2) is 0 Å². The highest BCUT2D eigenvalue weighted by Gasteiger charge is 2.25. The molecule has 0 saturated carbocycles. The normalized spacial score (nSPS) is 11.3. The third-order valence-electron chi connectivity index (χ3n) is 4.60. The van der Waals surface area contributed by atoms with Gasteiger partial charge >= 0.3 is 0 Å². The van der Waals surface area contributed by atoms with E-state index in [1.807, 2.05) is 87.5 Å². The number of benzene rings is 3. The molecule has 3 heteroatoms. The fourth-order valence-electron chi connectivity index (χ4n) is 3.17. The second kappa shape index (κ2) is 8.22. The number of ketones is 1. The molecule has 3 aromatic rings. The fourth-order valence-corrected chi connectivity index (χ4v) is 3.17. The van der Waals surface area contributed by atoms with Crippen LogP contribution in [0, 0.1) is 5.41 Å². The monoisotopic (exact) mass is 371 g/mol. The van der Waals surface area contributed by atoms with Crippen LogP contribution in [0.1, 0.15) is 48.2 Å². The highest BCUT2D eigenvalue weighted by Crippen LogP contribution is 2.27. The first-order valence-corrected chi connectivity index (χ1v) is 9.42. The summed E-state index contributed by atoms with van der Waals surface area (Å²) >= 11 is 0. The van der Waals surface area contributed by atoms with Crippen molar-refractivity contribution in [2.75, 3.05) is 5.32 Å². The summed E-state index contributed by atoms with van der Waals surface area (Å²) in [6.07, 6.45) is 0. The van der Waals surface area contributed by atoms with Crippen molar-refractivity contribution in [1.29, 1.82) is 0 Å². The smallest absolute Gasteiger partial charge is 0.236 e. The Morgan fingerprint density at radius 1 is 0.750 bits per heavy atom. The van der Waals surface area contributed by atoms with Gasteiger partial charge in [0.05, 0.1) is 5.92 Å². The van der Waals surface area contributed by atoms with Crippen LogP contribution in [-0.2, 0) is 4.79 Å². The van der Waals surface area contributed by atoms with Crippen molar-refractivity contribution in [3.63, 3.8) is 0 Å². The van der Waals surface area contributed by atoms with E-state index in [9.17, 15) is 9.59 Å². The number of hydrogen-bond donors (Lipinski definition) is 1.